The van der Waals surface area contributed by atoms with Crippen LogP contribution in [0.4, 0.5) is 0 Å². The summed E-state index contributed by atoms with van der Waals surface area (Å²) in [6, 6.07) is 9.37. The van der Waals surface area contributed by atoms with Crippen LogP contribution in [-0.4, -0.2) is 29.0 Å². The predicted molar refractivity (Wildman–Crippen MR) is 78.5 cm³/mol. The van der Waals surface area contributed by atoms with Gasteiger partial charge in [-0.3, -0.25) is 4.99 Å². The molecule has 2 rings (SSSR count). The van der Waals surface area contributed by atoms with Crippen molar-refractivity contribution in [2.24, 2.45) is 4.99 Å². The molecule has 1 aliphatic heterocycles. The average molecular weight is 278 g/mol. The highest BCUT2D eigenvalue weighted by Crippen LogP contribution is 2.22. The van der Waals surface area contributed by atoms with Crippen LogP contribution in [0.1, 0.15) is 12.0 Å². The standard InChI is InChI=1S/C13H14N2OS2/c14-10-11-3-1-4-12(9-11)16-6-2-7-17-13-15-5-8-18-13/h1,3-4,9H,2,5-8H2. The Balaban J connectivity index is 1.64. The summed E-state index contributed by atoms with van der Waals surface area (Å²) in [5, 5.41) is 8.77. The van der Waals surface area contributed by atoms with Crippen molar-refractivity contribution in [1.82, 2.24) is 0 Å². The third-order valence-corrected chi connectivity index (χ3v) is 4.64. The lowest BCUT2D eigenvalue weighted by atomic mass is 10.2. The number of benzene rings is 1. The van der Waals surface area contributed by atoms with Gasteiger partial charge in [0.1, 0.15) is 10.1 Å². The van der Waals surface area contributed by atoms with Crippen LogP contribution < -0.4 is 4.74 Å². The van der Waals surface area contributed by atoms with E-state index >= 15 is 0 Å². The number of aliphatic imine (C=N–C) groups is 1. The zero-order valence-corrected chi connectivity index (χ0v) is 11.6. The highest BCUT2D eigenvalue weighted by molar-refractivity contribution is 8.39. The van der Waals surface area contributed by atoms with Crippen LogP contribution in [0.5, 0.6) is 5.75 Å². The van der Waals surface area contributed by atoms with Gasteiger partial charge in [0.25, 0.3) is 0 Å². The molecule has 0 aliphatic carbocycles. The first-order chi connectivity index (χ1) is 8.88. The lowest BCUT2D eigenvalue weighted by Gasteiger charge is -2.05. The maximum absolute atomic E-state index is 8.77. The van der Waals surface area contributed by atoms with Crippen LogP contribution in [0.25, 0.3) is 0 Å². The number of thioether (sulfide) groups is 2. The Morgan fingerprint density at radius 2 is 2.44 bits per heavy atom. The van der Waals surface area contributed by atoms with E-state index in [4.69, 9.17) is 10.00 Å². The maximum atomic E-state index is 8.77. The SMILES string of the molecule is N#Cc1cccc(OCCCSC2=NCCS2)c1. The van der Waals surface area contributed by atoms with Crippen LogP contribution in [0.3, 0.4) is 0 Å². The van der Waals surface area contributed by atoms with Crippen LogP contribution in [0.2, 0.25) is 0 Å². The zero-order valence-electron chi connectivity index (χ0n) is 9.96. The minimum absolute atomic E-state index is 0.638. The molecule has 0 saturated heterocycles. The molecular weight excluding hydrogens is 264 g/mol. The number of rotatable bonds is 5. The molecule has 1 aliphatic rings. The molecule has 3 nitrogen and oxygen atoms in total. The van der Waals surface area contributed by atoms with Gasteiger partial charge in [-0.05, 0) is 24.6 Å². The first-order valence-electron chi connectivity index (χ1n) is 5.81. The summed E-state index contributed by atoms with van der Waals surface area (Å²) in [6.45, 7) is 1.64. The minimum Gasteiger partial charge on any atom is -0.494 e. The van der Waals surface area contributed by atoms with Crippen molar-refractivity contribution in [3.63, 3.8) is 0 Å². The minimum atomic E-state index is 0.638. The molecule has 0 saturated carbocycles. The Hall–Kier alpha value is -1.12. The van der Waals surface area contributed by atoms with E-state index in [0.29, 0.717) is 12.2 Å². The second-order valence-electron chi connectivity index (χ2n) is 3.69. The van der Waals surface area contributed by atoms with E-state index in [9.17, 15) is 0 Å². The molecule has 0 bridgehead atoms. The number of nitrogens with zero attached hydrogens (tertiary/aromatic N) is 2. The van der Waals surface area contributed by atoms with Gasteiger partial charge in [0.05, 0.1) is 24.8 Å². The quantitative estimate of drug-likeness (QED) is 0.776. The molecule has 1 aromatic carbocycles. The van der Waals surface area contributed by atoms with Gasteiger partial charge in [0.15, 0.2) is 0 Å². The van der Waals surface area contributed by atoms with E-state index in [1.54, 1.807) is 12.1 Å². The summed E-state index contributed by atoms with van der Waals surface area (Å²) in [4.78, 5) is 4.38. The van der Waals surface area contributed by atoms with Crippen molar-refractivity contribution >= 4 is 27.9 Å². The fraction of sp³-hybridized carbons (Fsp3) is 0.385. The van der Waals surface area contributed by atoms with Crippen LogP contribution >= 0.6 is 23.5 Å². The van der Waals surface area contributed by atoms with Crippen molar-refractivity contribution in [2.75, 3.05) is 24.7 Å². The highest BCUT2D eigenvalue weighted by Gasteiger charge is 2.06. The van der Waals surface area contributed by atoms with E-state index in [-0.39, 0.29) is 0 Å². The fourth-order valence-corrected chi connectivity index (χ4v) is 3.46. The highest BCUT2D eigenvalue weighted by atomic mass is 32.2. The Bertz CT molecular complexity index is 468. The largest absolute Gasteiger partial charge is 0.494 e. The van der Waals surface area contributed by atoms with Gasteiger partial charge in [-0.2, -0.15) is 5.26 Å². The lowest BCUT2D eigenvalue weighted by molar-refractivity contribution is 0.318. The average Bonchev–Trinajstić information content (AvgIpc) is 2.92. The number of ether oxygens (including phenoxy) is 1. The summed E-state index contributed by atoms with van der Waals surface area (Å²) < 4.78 is 6.81. The summed E-state index contributed by atoms with van der Waals surface area (Å²) in [6.07, 6.45) is 0.987. The summed E-state index contributed by atoms with van der Waals surface area (Å²) >= 11 is 3.65. The molecule has 0 fully saturated rings. The lowest BCUT2D eigenvalue weighted by Crippen LogP contribution is -1.99. The topological polar surface area (TPSA) is 45.4 Å². The number of nitriles is 1. The van der Waals surface area contributed by atoms with Gasteiger partial charge < -0.3 is 4.74 Å². The van der Waals surface area contributed by atoms with Crippen molar-refractivity contribution in [3.8, 4) is 11.8 Å². The second kappa shape index (κ2) is 7.34. The van der Waals surface area contributed by atoms with Gasteiger partial charge in [-0.1, -0.05) is 29.6 Å². The molecule has 0 N–H and O–H groups in total. The Morgan fingerprint density at radius 3 is 3.22 bits per heavy atom. The predicted octanol–water partition coefficient (Wildman–Crippen LogP) is 3.16. The monoisotopic (exact) mass is 278 g/mol. The molecule has 18 heavy (non-hydrogen) atoms. The third kappa shape index (κ3) is 4.28. The molecule has 1 heterocycles. The summed E-state index contributed by atoms with van der Waals surface area (Å²) in [5.74, 6) is 2.93. The maximum Gasteiger partial charge on any atom is 0.124 e. The van der Waals surface area contributed by atoms with Gasteiger partial charge in [-0.15, -0.1) is 0 Å². The molecule has 1 aromatic rings. The normalized spacial score (nSPS) is 14.1. The zero-order chi connectivity index (χ0) is 12.6. The number of hydrogen-bond donors (Lipinski definition) is 0. The van der Waals surface area contributed by atoms with Crippen LogP contribution in [-0.2, 0) is 0 Å². The van der Waals surface area contributed by atoms with E-state index in [1.165, 1.54) is 4.38 Å². The smallest absolute Gasteiger partial charge is 0.124 e. The van der Waals surface area contributed by atoms with E-state index in [1.807, 2.05) is 35.7 Å². The summed E-state index contributed by atoms with van der Waals surface area (Å²) in [5.41, 5.74) is 0.638. The molecule has 0 unspecified atom stereocenters. The fourth-order valence-electron chi connectivity index (χ4n) is 1.47. The Kier molecular flexibility index (Phi) is 5.43. The molecule has 0 spiro atoms. The number of hydrogen-bond acceptors (Lipinski definition) is 5. The van der Waals surface area contributed by atoms with Crippen LogP contribution in [0, 0.1) is 11.3 Å². The van der Waals surface area contributed by atoms with Crippen molar-refractivity contribution < 1.29 is 4.74 Å². The molecule has 0 aromatic heterocycles. The van der Waals surface area contributed by atoms with Crippen molar-refractivity contribution in [2.45, 2.75) is 6.42 Å². The van der Waals surface area contributed by atoms with E-state index in [0.717, 1.165) is 30.2 Å². The molecule has 0 atom stereocenters. The molecule has 0 radical (unpaired) electrons. The van der Waals surface area contributed by atoms with Gasteiger partial charge in [0.2, 0.25) is 0 Å². The van der Waals surface area contributed by atoms with Crippen molar-refractivity contribution in [3.05, 3.63) is 29.8 Å². The van der Waals surface area contributed by atoms with Gasteiger partial charge in [-0.25, -0.2) is 0 Å². The van der Waals surface area contributed by atoms with Gasteiger partial charge in [0, 0.05) is 11.5 Å². The van der Waals surface area contributed by atoms with E-state index in [2.05, 4.69) is 11.1 Å². The molecule has 0 amide bonds. The van der Waals surface area contributed by atoms with Crippen LogP contribution in [0.15, 0.2) is 29.3 Å². The summed E-state index contributed by atoms with van der Waals surface area (Å²) in [7, 11) is 0. The van der Waals surface area contributed by atoms with E-state index < -0.39 is 0 Å². The molecule has 5 heteroatoms. The molecular formula is C13H14N2OS2. The van der Waals surface area contributed by atoms with Crippen molar-refractivity contribution in [1.29, 1.82) is 5.26 Å². The molecule has 94 valence electrons. The second-order valence-corrected chi connectivity index (χ2v) is 6.11. The first-order valence-corrected chi connectivity index (χ1v) is 7.78. The Morgan fingerprint density at radius 1 is 1.50 bits per heavy atom. The Labute approximate surface area is 116 Å². The first kappa shape index (κ1) is 13.3. The third-order valence-electron chi connectivity index (χ3n) is 2.30. The van der Waals surface area contributed by atoms with Gasteiger partial charge >= 0.3 is 0 Å².